The summed E-state index contributed by atoms with van der Waals surface area (Å²) in [5.74, 6) is 0.702. The van der Waals surface area contributed by atoms with Gasteiger partial charge in [-0.15, -0.1) is 0 Å². The molecule has 0 atom stereocenters. The number of carbonyl (C=O) groups is 1. The zero-order valence-electron chi connectivity index (χ0n) is 11.9. The summed E-state index contributed by atoms with van der Waals surface area (Å²) in [7, 11) is 1.61. The van der Waals surface area contributed by atoms with Crippen molar-refractivity contribution < 1.29 is 9.53 Å². The summed E-state index contributed by atoms with van der Waals surface area (Å²) in [5, 5.41) is 2.92. The van der Waals surface area contributed by atoms with Crippen LogP contribution < -0.4 is 15.8 Å². The van der Waals surface area contributed by atoms with Gasteiger partial charge < -0.3 is 15.8 Å². The van der Waals surface area contributed by atoms with Gasteiger partial charge >= 0.3 is 0 Å². The Bertz CT molecular complexity index is 405. The number of ether oxygens (including phenoxy) is 1. The minimum atomic E-state index is -0.0443. The lowest BCUT2D eigenvalue weighted by atomic mass is 10.1. The van der Waals surface area contributed by atoms with Gasteiger partial charge in [-0.05, 0) is 44.0 Å². The highest BCUT2D eigenvalue weighted by molar-refractivity contribution is 5.94. The zero-order valence-corrected chi connectivity index (χ0v) is 11.9. The van der Waals surface area contributed by atoms with E-state index in [1.165, 1.54) is 0 Å². The molecule has 0 saturated heterocycles. The Morgan fingerprint density at radius 2 is 2.00 bits per heavy atom. The van der Waals surface area contributed by atoms with Gasteiger partial charge in [0.1, 0.15) is 5.75 Å². The number of nitrogens with two attached hydrogens (primary N) is 1. The molecule has 0 aliphatic rings. The minimum absolute atomic E-state index is 0.0443. The molecule has 0 aliphatic heterocycles. The topological polar surface area (TPSA) is 64.3 Å². The Balaban J connectivity index is 2.37. The van der Waals surface area contributed by atoms with Crippen LogP contribution in [0, 0.1) is 6.92 Å². The first kappa shape index (κ1) is 15.5. The molecule has 4 heteroatoms. The van der Waals surface area contributed by atoms with Crippen molar-refractivity contribution in [2.75, 3.05) is 20.2 Å². The third-order valence-electron chi connectivity index (χ3n) is 3.09. The molecule has 19 heavy (non-hydrogen) atoms. The lowest BCUT2D eigenvalue weighted by molar-refractivity contribution is 0.0952. The zero-order chi connectivity index (χ0) is 14.1. The molecule has 0 saturated carbocycles. The predicted octanol–water partition coefficient (Wildman–Crippen LogP) is 2.25. The number of rotatable bonds is 8. The van der Waals surface area contributed by atoms with Crippen LogP contribution in [0.5, 0.6) is 5.75 Å². The van der Waals surface area contributed by atoms with Crippen molar-refractivity contribution in [3.05, 3.63) is 29.3 Å². The number of aryl methyl sites for hydroxylation is 1. The van der Waals surface area contributed by atoms with Crippen LogP contribution in [0.3, 0.4) is 0 Å². The van der Waals surface area contributed by atoms with E-state index in [9.17, 15) is 4.79 Å². The number of hydrogen-bond acceptors (Lipinski definition) is 3. The number of unbranched alkanes of at least 4 members (excludes halogenated alkanes) is 3. The fourth-order valence-corrected chi connectivity index (χ4v) is 1.89. The molecule has 0 aliphatic carbocycles. The average Bonchev–Trinajstić information content (AvgIpc) is 2.43. The Hall–Kier alpha value is -1.55. The second kappa shape index (κ2) is 8.53. The van der Waals surface area contributed by atoms with Gasteiger partial charge in [0, 0.05) is 12.1 Å². The summed E-state index contributed by atoms with van der Waals surface area (Å²) in [5.41, 5.74) is 7.10. The SMILES string of the molecule is COc1cc(C(=O)NCCCCCCN)ccc1C. The highest BCUT2D eigenvalue weighted by Crippen LogP contribution is 2.18. The van der Waals surface area contributed by atoms with Crippen LogP contribution in [0.1, 0.15) is 41.6 Å². The fraction of sp³-hybridized carbons (Fsp3) is 0.533. The summed E-state index contributed by atoms with van der Waals surface area (Å²) >= 11 is 0. The minimum Gasteiger partial charge on any atom is -0.496 e. The molecule has 0 spiro atoms. The van der Waals surface area contributed by atoms with E-state index in [1.807, 2.05) is 19.1 Å². The predicted molar refractivity (Wildman–Crippen MR) is 77.6 cm³/mol. The van der Waals surface area contributed by atoms with Crippen LogP contribution in [-0.4, -0.2) is 26.1 Å². The Labute approximate surface area is 115 Å². The van der Waals surface area contributed by atoms with Crippen LogP contribution in [0.2, 0.25) is 0 Å². The molecule has 0 unspecified atom stereocenters. The van der Waals surface area contributed by atoms with Gasteiger partial charge in [-0.25, -0.2) is 0 Å². The highest BCUT2D eigenvalue weighted by Gasteiger charge is 2.07. The molecule has 106 valence electrons. The number of carbonyl (C=O) groups excluding carboxylic acids is 1. The number of amides is 1. The van der Waals surface area contributed by atoms with Gasteiger partial charge in [0.15, 0.2) is 0 Å². The van der Waals surface area contributed by atoms with Gasteiger partial charge in [0.05, 0.1) is 7.11 Å². The molecular weight excluding hydrogens is 240 g/mol. The number of benzene rings is 1. The van der Waals surface area contributed by atoms with Gasteiger partial charge in [-0.1, -0.05) is 18.9 Å². The first-order valence-electron chi connectivity index (χ1n) is 6.82. The molecule has 0 bridgehead atoms. The number of nitrogens with one attached hydrogen (secondary N) is 1. The van der Waals surface area contributed by atoms with Crippen molar-refractivity contribution in [1.29, 1.82) is 0 Å². The summed E-state index contributed by atoms with van der Waals surface area (Å²) in [4.78, 5) is 11.9. The maximum absolute atomic E-state index is 11.9. The summed E-state index contributed by atoms with van der Waals surface area (Å²) < 4.78 is 5.21. The molecular formula is C15H24N2O2. The van der Waals surface area contributed by atoms with Crippen LogP contribution in [-0.2, 0) is 0 Å². The van der Waals surface area contributed by atoms with Crippen molar-refractivity contribution in [3.8, 4) is 5.75 Å². The first-order valence-corrected chi connectivity index (χ1v) is 6.82. The molecule has 1 aromatic carbocycles. The summed E-state index contributed by atoms with van der Waals surface area (Å²) in [6.45, 7) is 3.41. The standard InChI is InChI=1S/C15H24N2O2/c1-12-7-8-13(11-14(12)19-2)15(18)17-10-6-4-3-5-9-16/h7-8,11H,3-6,9-10,16H2,1-2H3,(H,17,18). The van der Waals surface area contributed by atoms with Crippen molar-refractivity contribution >= 4 is 5.91 Å². The molecule has 1 aromatic rings. The van der Waals surface area contributed by atoms with E-state index in [0.717, 1.165) is 43.5 Å². The Morgan fingerprint density at radius 3 is 2.68 bits per heavy atom. The maximum Gasteiger partial charge on any atom is 0.251 e. The van der Waals surface area contributed by atoms with E-state index in [2.05, 4.69) is 5.32 Å². The van der Waals surface area contributed by atoms with Crippen LogP contribution in [0.25, 0.3) is 0 Å². The van der Waals surface area contributed by atoms with Gasteiger partial charge in [-0.2, -0.15) is 0 Å². The molecule has 1 amide bonds. The number of hydrogen-bond donors (Lipinski definition) is 2. The van der Waals surface area contributed by atoms with E-state index < -0.39 is 0 Å². The third-order valence-corrected chi connectivity index (χ3v) is 3.09. The lowest BCUT2D eigenvalue weighted by Gasteiger charge is -2.08. The van der Waals surface area contributed by atoms with Gasteiger partial charge in [0.2, 0.25) is 0 Å². The smallest absolute Gasteiger partial charge is 0.251 e. The molecule has 3 N–H and O–H groups in total. The van der Waals surface area contributed by atoms with Gasteiger partial charge in [0.25, 0.3) is 5.91 Å². The second-order valence-corrected chi connectivity index (χ2v) is 4.64. The van der Waals surface area contributed by atoms with E-state index in [0.29, 0.717) is 12.1 Å². The maximum atomic E-state index is 11.9. The molecule has 0 aromatic heterocycles. The molecule has 1 rings (SSSR count). The van der Waals surface area contributed by atoms with Crippen molar-refractivity contribution in [1.82, 2.24) is 5.32 Å². The van der Waals surface area contributed by atoms with E-state index >= 15 is 0 Å². The monoisotopic (exact) mass is 264 g/mol. The quantitative estimate of drug-likeness (QED) is 0.708. The average molecular weight is 264 g/mol. The summed E-state index contributed by atoms with van der Waals surface area (Å²) in [6.07, 6.45) is 4.29. The van der Waals surface area contributed by atoms with Crippen LogP contribution in [0.15, 0.2) is 18.2 Å². The van der Waals surface area contributed by atoms with E-state index in [1.54, 1.807) is 13.2 Å². The lowest BCUT2D eigenvalue weighted by Crippen LogP contribution is -2.24. The van der Waals surface area contributed by atoms with E-state index in [-0.39, 0.29) is 5.91 Å². The third kappa shape index (κ3) is 5.30. The van der Waals surface area contributed by atoms with Gasteiger partial charge in [-0.3, -0.25) is 4.79 Å². The summed E-state index contributed by atoms with van der Waals surface area (Å²) in [6, 6.07) is 5.50. The Kier molecular flexibility index (Phi) is 6.97. The first-order chi connectivity index (χ1) is 9.19. The van der Waals surface area contributed by atoms with Crippen molar-refractivity contribution in [2.24, 2.45) is 5.73 Å². The van der Waals surface area contributed by atoms with Crippen LogP contribution >= 0.6 is 0 Å². The molecule has 0 heterocycles. The largest absolute Gasteiger partial charge is 0.496 e. The molecule has 0 fully saturated rings. The Morgan fingerprint density at radius 1 is 1.26 bits per heavy atom. The molecule has 4 nitrogen and oxygen atoms in total. The molecule has 0 radical (unpaired) electrons. The number of methoxy groups -OCH3 is 1. The van der Waals surface area contributed by atoms with E-state index in [4.69, 9.17) is 10.5 Å². The van der Waals surface area contributed by atoms with Crippen LogP contribution in [0.4, 0.5) is 0 Å². The van der Waals surface area contributed by atoms with Crippen molar-refractivity contribution in [2.45, 2.75) is 32.6 Å². The fourth-order valence-electron chi connectivity index (χ4n) is 1.89. The normalized spacial score (nSPS) is 10.3. The van der Waals surface area contributed by atoms with Crippen molar-refractivity contribution in [3.63, 3.8) is 0 Å². The highest BCUT2D eigenvalue weighted by atomic mass is 16.5. The second-order valence-electron chi connectivity index (χ2n) is 4.64.